The lowest BCUT2D eigenvalue weighted by atomic mass is 9.97. The summed E-state index contributed by atoms with van der Waals surface area (Å²) in [5, 5.41) is 6.22. The summed E-state index contributed by atoms with van der Waals surface area (Å²) in [4.78, 5) is 12.8. The highest BCUT2D eigenvalue weighted by atomic mass is 16.5. The number of anilines is 1. The van der Waals surface area contributed by atoms with Crippen LogP contribution >= 0.6 is 0 Å². The zero-order valence-electron chi connectivity index (χ0n) is 20.5. The second kappa shape index (κ2) is 10.0. The van der Waals surface area contributed by atoms with Crippen LogP contribution in [0.15, 0.2) is 95.6 Å². The molecule has 0 saturated heterocycles. The number of methoxy groups -OCH3 is 1. The number of furan rings is 1. The van der Waals surface area contributed by atoms with E-state index in [-0.39, 0.29) is 5.91 Å². The maximum absolute atomic E-state index is 12.8. The molecule has 0 aliphatic rings. The van der Waals surface area contributed by atoms with Crippen LogP contribution in [0, 0.1) is 0 Å². The first-order valence-electron chi connectivity index (χ1n) is 11.9. The highest BCUT2D eigenvalue weighted by molar-refractivity contribution is 6.05. The van der Waals surface area contributed by atoms with Gasteiger partial charge in [-0.25, -0.2) is 0 Å². The third kappa shape index (κ3) is 4.68. The lowest BCUT2D eigenvalue weighted by Gasteiger charge is -2.12. The molecule has 5 aromatic rings. The summed E-state index contributed by atoms with van der Waals surface area (Å²) in [6.45, 7) is 4.35. The van der Waals surface area contributed by atoms with E-state index in [1.54, 1.807) is 43.7 Å². The molecule has 5 nitrogen and oxygen atoms in total. The lowest BCUT2D eigenvalue weighted by Crippen LogP contribution is -2.08. The van der Waals surface area contributed by atoms with Gasteiger partial charge in [-0.3, -0.25) is 4.79 Å². The van der Waals surface area contributed by atoms with Crippen molar-refractivity contribution in [2.24, 2.45) is 0 Å². The predicted molar refractivity (Wildman–Crippen MR) is 146 cm³/mol. The van der Waals surface area contributed by atoms with Gasteiger partial charge in [0.1, 0.15) is 17.1 Å². The molecule has 1 N–H and O–H groups in total. The van der Waals surface area contributed by atoms with Crippen LogP contribution < -0.4 is 14.8 Å². The minimum absolute atomic E-state index is 0.220. The number of nitrogens with one attached hydrogen (secondary N) is 1. The Bertz CT molecular complexity index is 1580. The van der Waals surface area contributed by atoms with Gasteiger partial charge in [-0.2, -0.15) is 0 Å². The number of rotatable bonds is 7. The van der Waals surface area contributed by atoms with Crippen LogP contribution in [0.1, 0.15) is 19.4 Å². The van der Waals surface area contributed by atoms with Crippen molar-refractivity contribution in [2.45, 2.75) is 13.8 Å². The van der Waals surface area contributed by atoms with Crippen molar-refractivity contribution >= 4 is 38.9 Å². The van der Waals surface area contributed by atoms with Gasteiger partial charge in [0, 0.05) is 34.3 Å². The number of carbonyl (C=O) groups excluding carboxylic acids is 1. The molecule has 0 bridgehead atoms. The van der Waals surface area contributed by atoms with E-state index in [0.29, 0.717) is 18.0 Å². The number of ether oxygens (including phenoxy) is 2. The second-order valence-electron chi connectivity index (χ2n) is 8.53. The van der Waals surface area contributed by atoms with Crippen LogP contribution in [0.2, 0.25) is 0 Å². The van der Waals surface area contributed by atoms with Crippen molar-refractivity contribution in [1.29, 1.82) is 0 Å². The monoisotopic (exact) mass is 477 g/mol. The van der Waals surface area contributed by atoms with Crippen molar-refractivity contribution in [1.82, 2.24) is 0 Å². The molecular formula is C31H27NO4. The fourth-order valence-electron chi connectivity index (χ4n) is 4.35. The summed E-state index contributed by atoms with van der Waals surface area (Å²) < 4.78 is 17.0. The van der Waals surface area contributed by atoms with Gasteiger partial charge in [0.2, 0.25) is 5.91 Å². The Morgan fingerprint density at radius 1 is 0.972 bits per heavy atom. The van der Waals surface area contributed by atoms with Gasteiger partial charge < -0.3 is 19.2 Å². The Labute approximate surface area is 210 Å². The molecule has 0 radical (unpaired) electrons. The molecule has 0 atom stereocenters. The molecule has 0 saturated carbocycles. The minimum Gasteiger partial charge on any atom is -0.497 e. The molecule has 1 aromatic heterocycles. The standard InChI is InChI=1S/C31H27NO4/c1-4-35-29-18-30-27(28(19-36-30)23-10-9-21-7-5-6-8-22(21)16-23)17-26(29)20(2)15-31(33)32-24-11-13-25(34-3)14-12-24/h5-19H,4H2,1-3H3,(H,32,33)/b20-15+. The Morgan fingerprint density at radius 3 is 2.50 bits per heavy atom. The van der Waals surface area contributed by atoms with E-state index in [1.807, 2.05) is 38.1 Å². The topological polar surface area (TPSA) is 60.7 Å². The van der Waals surface area contributed by atoms with Crippen molar-refractivity contribution < 1.29 is 18.7 Å². The smallest absolute Gasteiger partial charge is 0.248 e. The molecule has 180 valence electrons. The molecule has 5 rings (SSSR count). The van der Waals surface area contributed by atoms with Gasteiger partial charge in [0.25, 0.3) is 0 Å². The minimum atomic E-state index is -0.220. The van der Waals surface area contributed by atoms with E-state index in [4.69, 9.17) is 13.9 Å². The van der Waals surface area contributed by atoms with E-state index in [9.17, 15) is 4.79 Å². The number of allylic oxidation sites excluding steroid dienone is 1. The fourth-order valence-corrected chi connectivity index (χ4v) is 4.35. The van der Waals surface area contributed by atoms with Crippen LogP contribution in [0.3, 0.4) is 0 Å². The molecule has 0 aliphatic carbocycles. The van der Waals surface area contributed by atoms with E-state index in [0.717, 1.165) is 39.0 Å². The Hall–Kier alpha value is -4.51. The zero-order chi connectivity index (χ0) is 25.1. The van der Waals surface area contributed by atoms with Crippen molar-refractivity contribution in [3.8, 4) is 22.6 Å². The highest BCUT2D eigenvalue weighted by Gasteiger charge is 2.16. The van der Waals surface area contributed by atoms with E-state index < -0.39 is 0 Å². The first-order chi connectivity index (χ1) is 17.6. The zero-order valence-corrected chi connectivity index (χ0v) is 20.5. The summed E-state index contributed by atoms with van der Waals surface area (Å²) in [5.41, 5.74) is 5.13. The number of amides is 1. The first kappa shape index (κ1) is 23.2. The number of fused-ring (bicyclic) bond motifs is 2. The maximum Gasteiger partial charge on any atom is 0.248 e. The van der Waals surface area contributed by atoms with Crippen LogP contribution in [-0.2, 0) is 4.79 Å². The largest absolute Gasteiger partial charge is 0.497 e. The third-order valence-corrected chi connectivity index (χ3v) is 6.17. The summed E-state index contributed by atoms with van der Waals surface area (Å²) in [7, 11) is 1.61. The normalized spacial score (nSPS) is 11.6. The molecule has 0 aliphatic heterocycles. The number of carbonyl (C=O) groups is 1. The Balaban J connectivity index is 1.51. The number of benzene rings is 4. The quantitative estimate of drug-likeness (QED) is 0.244. The van der Waals surface area contributed by atoms with E-state index >= 15 is 0 Å². The van der Waals surface area contributed by atoms with Crippen LogP contribution in [0.4, 0.5) is 5.69 Å². The van der Waals surface area contributed by atoms with Crippen molar-refractivity contribution in [3.63, 3.8) is 0 Å². The summed E-state index contributed by atoms with van der Waals surface area (Å²) in [6, 6.07) is 25.8. The molecule has 0 spiro atoms. The fraction of sp³-hybridized carbons (Fsp3) is 0.129. The Kier molecular flexibility index (Phi) is 6.46. The second-order valence-corrected chi connectivity index (χ2v) is 8.53. The highest BCUT2D eigenvalue weighted by Crippen LogP contribution is 2.38. The maximum atomic E-state index is 12.8. The van der Waals surface area contributed by atoms with Gasteiger partial charge in [-0.15, -0.1) is 0 Å². The van der Waals surface area contributed by atoms with E-state index in [1.165, 1.54) is 10.8 Å². The van der Waals surface area contributed by atoms with Gasteiger partial charge in [-0.05, 0) is 72.2 Å². The molecule has 5 heteroatoms. The summed E-state index contributed by atoms with van der Waals surface area (Å²) >= 11 is 0. The van der Waals surface area contributed by atoms with Crippen LogP contribution in [0.5, 0.6) is 11.5 Å². The summed E-state index contributed by atoms with van der Waals surface area (Å²) in [6.07, 6.45) is 3.37. The van der Waals surface area contributed by atoms with Gasteiger partial charge in [0.15, 0.2) is 0 Å². The molecule has 36 heavy (non-hydrogen) atoms. The Morgan fingerprint density at radius 2 is 1.75 bits per heavy atom. The molecular weight excluding hydrogens is 450 g/mol. The third-order valence-electron chi connectivity index (χ3n) is 6.17. The van der Waals surface area contributed by atoms with Gasteiger partial charge in [0.05, 0.1) is 20.0 Å². The number of hydrogen-bond donors (Lipinski definition) is 1. The lowest BCUT2D eigenvalue weighted by molar-refractivity contribution is -0.111. The molecule has 1 heterocycles. The van der Waals surface area contributed by atoms with Crippen LogP contribution in [-0.4, -0.2) is 19.6 Å². The van der Waals surface area contributed by atoms with E-state index in [2.05, 4.69) is 35.6 Å². The van der Waals surface area contributed by atoms with Gasteiger partial charge in [-0.1, -0.05) is 36.4 Å². The van der Waals surface area contributed by atoms with Gasteiger partial charge >= 0.3 is 0 Å². The average Bonchev–Trinajstić information content (AvgIpc) is 3.31. The molecule has 4 aromatic carbocycles. The van der Waals surface area contributed by atoms with Crippen molar-refractivity contribution in [2.75, 3.05) is 19.0 Å². The average molecular weight is 478 g/mol. The van der Waals surface area contributed by atoms with Crippen LogP contribution in [0.25, 0.3) is 38.4 Å². The predicted octanol–water partition coefficient (Wildman–Crippen LogP) is 7.70. The first-order valence-corrected chi connectivity index (χ1v) is 11.9. The summed E-state index contributed by atoms with van der Waals surface area (Å²) in [5.74, 6) is 1.19. The molecule has 0 unspecified atom stereocenters. The SMILES string of the molecule is CCOc1cc2occ(-c3ccc4ccccc4c3)c2cc1/C(C)=C/C(=O)Nc1ccc(OC)cc1. The molecule has 1 amide bonds. The number of hydrogen-bond acceptors (Lipinski definition) is 4. The van der Waals surface area contributed by atoms with Crippen molar-refractivity contribution in [3.05, 3.63) is 96.8 Å². The molecule has 0 fully saturated rings.